The number of nitrogen functional groups attached to an aromatic ring is 3. The van der Waals surface area contributed by atoms with E-state index in [1.165, 1.54) is 10.9 Å². The fourth-order valence-corrected chi connectivity index (χ4v) is 3.98. The molecule has 6 N–H and O–H groups in total. The van der Waals surface area contributed by atoms with Gasteiger partial charge in [0.15, 0.2) is 11.6 Å². The molecule has 5 aromatic rings. The van der Waals surface area contributed by atoms with Crippen molar-refractivity contribution in [2.45, 2.75) is 6.42 Å². The molecule has 35 heavy (non-hydrogen) atoms. The van der Waals surface area contributed by atoms with E-state index in [0.717, 1.165) is 12.1 Å². The third kappa shape index (κ3) is 3.95. The third-order valence-corrected chi connectivity index (χ3v) is 5.65. The maximum atomic E-state index is 14.4. The third-order valence-electron chi connectivity index (χ3n) is 5.41. The summed E-state index contributed by atoms with van der Waals surface area (Å²) >= 11 is 6.16. The van der Waals surface area contributed by atoms with Crippen molar-refractivity contribution in [1.82, 2.24) is 24.7 Å². The van der Waals surface area contributed by atoms with Crippen molar-refractivity contribution in [1.29, 1.82) is 0 Å². The minimum Gasteiger partial charge on any atom is -0.384 e. The van der Waals surface area contributed by atoms with Crippen LogP contribution in [0.15, 0.2) is 48.7 Å². The van der Waals surface area contributed by atoms with Gasteiger partial charge in [0, 0.05) is 28.6 Å². The quantitative estimate of drug-likeness (QED) is 0.316. The molecular weight excluding hydrogens is 481 g/mol. The number of anilines is 3. The van der Waals surface area contributed by atoms with Crippen LogP contribution in [-0.4, -0.2) is 24.7 Å². The van der Waals surface area contributed by atoms with Crippen LogP contribution in [0.1, 0.15) is 11.3 Å². The van der Waals surface area contributed by atoms with E-state index < -0.39 is 23.0 Å². The zero-order valence-corrected chi connectivity index (χ0v) is 18.6. The lowest BCUT2D eigenvalue weighted by Crippen LogP contribution is -2.10. The molecule has 0 spiro atoms. The summed E-state index contributed by atoms with van der Waals surface area (Å²) in [6, 6.07) is 9.64. The molecule has 0 fully saturated rings. The van der Waals surface area contributed by atoms with E-state index in [1.807, 2.05) is 0 Å². The van der Waals surface area contributed by atoms with Crippen molar-refractivity contribution in [2.24, 2.45) is 0 Å². The summed E-state index contributed by atoms with van der Waals surface area (Å²) in [7, 11) is 0. The van der Waals surface area contributed by atoms with Crippen LogP contribution < -0.4 is 17.2 Å². The molecule has 0 unspecified atom stereocenters. The van der Waals surface area contributed by atoms with Crippen molar-refractivity contribution >= 4 is 40.0 Å². The van der Waals surface area contributed by atoms with Crippen molar-refractivity contribution in [3.8, 4) is 17.1 Å². The van der Waals surface area contributed by atoms with E-state index in [4.69, 9.17) is 28.8 Å². The van der Waals surface area contributed by atoms with Gasteiger partial charge in [0.2, 0.25) is 0 Å². The average molecular weight is 497 g/mol. The number of aromatic nitrogens is 5. The normalized spacial score (nSPS) is 11.3. The van der Waals surface area contributed by atoms with Crippen LogP contribution in [0.25, 0.3) is 28.0 Å². The topological polar surface area (TPSA) is 135 Å². The predicted octanol–water partition coefficient (Wildman–Crippen LogP) is 4.29. The van der Waals surface area contributed by atoms with Crippen LogP contribution in [0, 0.1) is 17.5 Å². The molecule has 0 amide bonds. The second kappa shape index (κ2) is 8.44. The number of nitrogens with zero attached hydrogens (tertiary/aromatic N) is 5. The molecule has 0 atom stereocenters. The Morgan fingerprint density at radius 2 is 1.60 bits per heavy atom. The molecule has 2 aromatic carbocycles. The first kappa shape index (κ1) is 22.4. The number of hydrogen-bond acceptors (Lipinski definition) is 7. The lowest BCUT2D eigenvalue weighted by atomic mass is 10.1. The van der Waals surface area contributed by atoms with E-state index in [0.29, 0.717) is 27.1 Å². The van der Waals surface area contributed by atoms with E-state index >= 15 is 0 Å². The number of pyridine rings is 1. The molecule has 0 aliphatic heterocycles. The summed E-state index contributed by atoms with van der Waals surface area (Å²) < 4.78 is 43.8. The summed E-state index contributed by atoms with van der Waals surface area (Å²) in [5.41, 5.74) is 19.3. The Morgan fingerprint density at radius 1 is 0.886 bits per heavy atom. The van der Waals surface area contributed by atoms with Gasteiger partial charge in [0.25, 0.3) is 5.95 Å². The van der Waals surface area contributed by atoms with E-state index in [-0.39, 0.29) is 35.5 Å². The minimum absolute atomic E-state index is 0.0181. The molecule has 0 aliphatic rings. The van der Waals surface area contributed by atoms with Crippen molar-refractivity contribution in [3.05, 3.63) is 82.4 Å². The second-order valence-electron chi connectivity index (χ2n) is 7.66. The summed E-state index contributed by atoms with van der Waals surface area (Å²) in [5.74, 6) is -2.97. The zero-order chi connectivity index (χ0) is 24.9. The fraction of sp³-hybridized carbons (Fsp3) is 0.0435. The number of benzene rings is 2. The van der Waals surface area contributed by atoms with Crippen LogP contribution in [0.2, 0.25) is 5.02 Å². The van der Waals surface area contributed by atoms with Gasteiger partial charge >= 0.3 is 0 Å². The van der Waals surface area contributed by atoms with E-state index in [1.54, 1.807) is 30.3 Å². The Kier molecular flexibility index (Phi) is 5.40. The number of nitrogens with two attached hydrogens (primary N) is 3. The molecule has 0 aliphatic carbocycles. The lowest BCUT2D eigenvalue weighted by molar-refractivity contribution is 0.482. The van der Waals surface area contributed by atoms with Crippen LogP contribution in [0.3, 0.4) is 0 Å². The molecule has 0 bridgehead atoms. The Balaban J connectivity index is 1.67. The molecule has 3 heterocycles. The van der Waals surface area contributed by atoms with Gasteiger partial charge in [-0.05, 0) is 48.0 Å². The van der Waals surface area contributed by atoms with Crippen molar-refractivity contribution in [2.75, 3.05) is 17.2 Å². The molecule has 12 heteroatoms. The summed E-state index contributed by atoms with van der Waals surface area (Å²) in [6.45, 7) is 0. The molecule has 3 aromatic heterocycles. The molecule has 176 valence electrons. The standard InChI is InChI=1S/C23H16ClF3N8/c24-11-1-4-17-13(8-11)16(9-12-14(25)2-3-15(26)20(12)27)34-35(17)23-32-21(29)19(22(30)33-23)10-5-6-31-18(28)7-10/h1-8H,9H2,(H2,28,31)(H4,29,30,32,33). The zero-order valence-electron chi connectivity index (χ0n) is 17.8. The van der Waals surface area contributed by atoms with Gasteiger partial charge in [-0.2, -0.15) is 19.7 Å². The van der Waals surface area contributed by atoms with E-state index in [9.17, 15) is 13.2 Å². The number of hydrogen-bond donors (Lipinski definition) is 3. The molecule has 5 rings (SSSR count). The minimum atomic E-state index is -1.29. The molecule has 8 nitrogen and oxygen atoms in total. The number of fused-ring (bicyclic) bond motifs is 1. The predicted molar refractivity (Wildman–Crippen MR) is 127 cm³/mol. The molecular formula is C23H16ClF3N8. The molecule has 0 saturated heterocycles. The van der Waals surface area contributed by atoms with Gasteiger partial charge in [0.1, 0.15) is 23.3 Å². The van der Waals surface area contributed by atoms with Crippen LogP contribution in [0.5, 0.6) is 0 Å². The van der Waals surface area contributed by atoms with Crippen molar-refractivity contribution in [3.63, 3.8) is 0 Å². The van der Waals surface area contributed by atoms with Crippen LogP contribution >= 0.6 is 11.6 Å². The highest BCUT2D eigenvalue weighted by atomic mass is 35.5. The van der Waals surface area contributed by atoms with Gasteiger partial charge in [-0.25, -0.2) is 18.2 Å². The van der Waals surface area contributed by atoms with Crippen LogP contribution in [0.4, 0.5) is 30.6 Å². The molecule has 0 saturated carbocycles. The van der Waals surface area contributed by atoms with Crippen molar-refractivity contribution < 1.29 is 13.2 Å². The highest BCUT2D eigenvalue weighted by molar-refractivity contribution is 6.31. The van der Waals surface area contributed by atoms with Gasteiger partial charge in [-0.3, -0.25) is 0 Å². The first-order valence-corrected chi connectivity index (χ1v) is 10.6. The fourth-order valence-electron chi connectivity index (χ4n) is 3.81. The van der Waals surface area contributed by atoms with Gasteiger partial charge in [0.05, 0.1) is 16.8 Å². The summed E-state index contributed by atoms with van der Waals surface area (Å²) in [4.78, 5) is 12.6. The van der Waals surface area contributed by atoms with E-state index in [2.05, 4.69) is 20.1 Å². The number of rotatable bonds is 4. The highest BCUT2D eigenvalue weighted by Gasteiger charge is 2.21. The second-order valence-corrected chi connectivity index (χ2v) is 8.09. The Morgan fingerprint density at radius 3 is 2.31 bits per heavy atom. The highest BCUT2D eigenvalue weighted by Crippen LogP contribution is 2.32. The number of halogens is 4. The van der Waals surface area contributed by atoms with Gasteiger partial charge in [-0.1, -0.05) is 11.6 Å². The molecule has 0 radical (unpaired) electrons. The summed E-state index contributed by atoms with van der Waals surface area (Å²) in [6.07, 6.45) is 1.15. The maximum Gasteiger partial charge on any atom is 0.255 e. The van der Waals surface area contributed by atoms with Crippen LogP contribution in [-0.2, 0) is 6.42 Å². The Hall–Kier alpha value is -4.38. The lowest BCUT2D eigenvalue weighted by Gasteiger charge is -2.11. The van der Waals surface area contributed by atoms with Gasteiger partial charge in [-0.15, -0.1) is 0 Å². The Labute approximate surface area is 201 Å². The first-order chi connectivity index (χ1) is 16.7. The first-order valence-electron chi connectivity index (χ1n) is 10.2. The van der Waals surface area contributed by atoms with Gasteiger partial charge < -0.3 is 17.2 Å². The summed E-state index contributed by atoms with van der Waals surface area (Å²) in [5, 5.41) is 5.27. The average Bonchev–Trinajstić information content (AvgIpc) is 3.16. The smallest absolute Gasteiger partial charge is 0.255 e. The SMILES string of the molecule is Nc1cc(-c2c(N)nc(-n3nc(Cc4c(F)ccc(F)c4F)c4cc(Cl)ccc43)nc2N)ccn1. The largest absolute Gasteiger partial charge is 0.384 e. The maximum absolute atomic E-state index is 14.4. The monoisotopic (exact) mass is 496 g/mol. The Bertz CT molecular complexity index is 1600.